The molecule has 1 aromatic heterocycles. The van der Waals surface area contributed by atoms with Crippen LogP contribution in [-0.4, -0.2) is 22.5 Å². The first kappa shape index (κ1) is 18.4. The largest absolute Gasteiger partial charge is 0.438 e. The molecule has 4 aromatic rings. The van der Waals surface area contributed by atoms with Gasteiger partial charge in [0.2, 0.25) is 5.89 Å². The quantitative estimate of drug-likeness (QED) is 0.492. The van der Waals surface area contributed by atoms with Crippen LogP contribution in [-0.2, 0) is 6.54 Å². The van der Waals surface area contributed by atoms with Crippen LogP contribution in [0.15, 0.2) is 83.3 Å². The number of likely N-dealkylation sites (tertiary alicyclic amines) is 1. The van der Waals surface area contributed by atoms with Gasteiger partial charge in [0.05, 0.1) is 0 Å². The molecule has 150 valence electrons. The summed E-state index contributed by atoms with van der Waals surface area (Å²) in [5.74, 6) is 0.613. The Hall–Kier alpha value is -3.60. The zero-order valence-electron chi connectivity index (χ0n) is 16.6. The Kier molecular flexibility index (Phi) is 4.93. The Morgan fingerprint density at radius 3 is 2.57 bits per heavy atom. The van der Waals surface area contributed by atoms with Gasteiger partial charge in [0, 0.05) is 13.1 Å². The first-order valence-electron chi connectivity index (χ1n) is 10.3. The molecule has 5 nitrogen and oxygen atoms in total. The number of urea groups is 1. The maximum absolute atomic E-state index is 12.8. The van der Waals surface area contributed by atoms with Gasteiger partial charge in [-0.05, 0) is 41.7 Å². The molecule has 1 aliphatic rings. The van der Waals surface area contributed by atoms with E-state index in [0.717, 1.165) is 40.6 Å². The third-order valence-electron chi connectivity index (χ3n) is 5.60. The number of hydrogen-bond donors (Lipinski definition) is 1. The van der Waals surface area contributed by atoms with Crippen LogP contribution in [0.5, 0.6) is 0 Å². The Balaban J connectivity index is 1.35. The molecular weight excluding hydrogens is 374 g/mol. The summed E-state index contributed by atoms with van der Waals surface area (Å²) in [6.45, 7) is 1.22. The number of carbonyl (C=O) groups is 1. The second kappa shape index (κ2) is 8.03. The Morgan fingerprint density at radius 2 is 1.77 bits per heavy atom. The van der Waals surface area contributed by atoms with E-state index in [0.29, 0.717) is 19.0 Å². The number of carbonyl (C=O) groups excluding carboxylic acids is 1. The van der Waals surface area contributed by atoms with Gasteiger partial charge in [-0.2, -0.15) is 0 Å². The molecule has 2 heterocycles. The summed E-state index contributed by atoms with van der Waals surface area (Å²) in [6, 6.07) is 26.0. The van der Waals surface area contributed by atoms with Crippen LogP contribution in [0.4, 0.5) is 4.79 Å². The van der Waals surface area contributed by atoms with E-state index in [2.05, 4.69) is 17.4 Å². The lowest BCUT2D eigenvalue weighted by atomic mass is 10.1. The summed E-state index contributed by atoms with van der Waals surface area (Å²) >= 11 is 0. The average Bonchev–Trinajstić information content (AvgIpc) is 3.45. The summed E-state index contributed by atoms with van der Waals surface area (Å²) < 4.78 is 6.05. The van der Waals surface area contributed by atoms with Crippen molar-refractivity contribution in [3.8, 4) is 11.1 Å². The molecule has 0 bridgehead atoms. The molecule has 1 saturated heterocycles. The van der Waals surface area contributed by atoms with E-state index in [4.69, 9.17) is 9.40 Å². The predicted molar refractivity (Wildman–Crippen MR) is 117 cm³/mol. The van der Waals surface area contributed by atoms with Crippen LogP contribution < -0.4 is 5.32 Å². The van der Waals surface area contributed by atoms with Gasteiger partial charge in [0.25, 0.3) is 0 Å². The van der Waals surface area contributed by atoms with Crippen molar-refractivity contribution < 1.29 is 9.21 Å². The summed E-state index contributed by atoms with van der Waals surface area (Å²) in [7, 11) is 0. The average molecular weight is 397 g/mol. The SMILES string of the molecule is O=C(NCc1ccccc1)N1CCC[C@H]1c1nc2cc(-c3ccccc3)ccc2o1. The van der Waals surface area contributed by atoms with Gasteiger partial charge in [0.15, 0.2) is 5.58 Å². The van der Waals surface area contributed by atoms with Crippen molar-refractivity contribution in [2.24, 2.45) is 0 Å². The minimum absolute atomic E-state index is 0.0754. The van der Waals surface area contributed by atoms with E-state index in [1.165, 1.54) is 0 Å². The van der Waals surface area contributed by atoms with Crippen molar-refractivity contribution in [2.75, 3.05) is 6.54 Å². The number of amides is 2. The van der Waals surface area contributed by atoms with Crippen molar-refractivity contribution >= 4 is 17.1 Å². The van der Waals surface area contributed by atoms with Crippen molar-refractivity contribution in [2.45, 2.75) is 25.4 Å². The van der Waals surface area contributed by atoms with Gasteiger partial charge in [-0.1, -0.05) is 66.7 Å². The number of nitrogens with zero attached hydrogens (tertiary/aromatic N) is 2. The lowest BCUT2D eigenvalue weighted by Gasteiger charge is -2.22. The second-order valence-corrected chi connectivity index (χ2v) is 7.60. The second-order valence-electron chi connectivity index (χ2n) is 7.60. The minimum Gasteiger partial charge on any atom is -0.438 e. The highest BCUT2D eigenvalue weighted by Crippen LogP contribution is 2.34. The van der Waals surface area contributed by atoms with Crippen LogP contribution in [0.3, 0.4) is 0 Å². The summed E-state index contributed by atoms with van der Waals surface area (Å²) in [5, 5.41) is 3.02. The molecule has 2 amide bonds. The van der Waals surface area contributed by atoms with Gasteiger partial charge in [-0.25, -0.2) is 9.78 Å². The van der Waals surface area contributed by atoms with Crippen LogP contribution in [0.25, 0.3) is 22.2 Å². The molecule has 0 unspecified atom stereocenters. The molecule has 1 N–H and O–H groups in total. The molecule has 5 heteroatoms. The summed E-state index contributed by atoms with van der Waals surface area (Å²) in [5.41, 5.74) is 4.90. The minimum atomic E-state index is -0.131. The van der Waals surface area contributed by atoms with Crippen molar-refractivity contribution in [3.63, 3.8) is 0 Å². The molecule has 3 aromatic carbocycles. The normalized spacial score (nSPS) is 16.1. The third-order valence-corrected chi connectivity index (χ3v) is 5.60. The van der Waals surface area contributed by atoms with Gasteiger partial charge in [-0.15, -0.1) is 0 Å². The highest BCUT2D eigenvalue weighted by Gasteiger charge is 2.33. The Morgan fingerprint density at radius 1 is 1.00 bits per heavy atom. The standard InChI is InChI=1S/C25H23N3O2/c29-25(26-17-18-8-3-1-4-9-18)28-15-7-12-22(28)24-27-21-16-20(13-14-23(21)30-24)19-10-5-2-6-11-19/h1-6,8-11,13-14,16,22H,7,12,15,17H2,(H,26,29)/t22-/m0/s1. The lowest BCUT2D eigenvalue weighted by Crippen LogP contribution is -2.39. The molecule has 0 aliphatic carbocycles. The number of fused-ring (bicyclic) bond motifs is 1. The van der Waals surface area contributed by atoms with Crippen LogP contribution in [0.2, 0.25) is 0 Å². The van der Waals surface area contributed by atoms with Crippen molar-refractivity contribution in [1.82, 2.24) is 15.2 Å². The Bertz CT molecular complexity index is 1150. The maximum Gasteiger partial charge on any atom is 0.318 e. The van der Waals surface area contributed by atoms with Gasteiger partial charge in [-0.3, -0.25) is 0 Å². The smallest absolute Gasteiger partial charge is 0.318 e. The van der Waals surface area contributed by atoms with Crippen molar-refractivity contribution in [3.05, 3.63) is 90.3 Å². The molecule has 5 rings (SSSR count). The van der Waals surface area contributed by atoms with Crippen LogP contribution >= 0.6 is 0 Å². The molecule has 30 heavy (non-hydrogen) atoms. The number of rotatable bonds is 4. The molecule has 1 fully saturated rings. The topological polar surface area (TPSA) is 58.4 Å². The van der Waals surface area contributed by atoms with Crippen LogP contribution in [0.1, 0.15) is 30.3 Å². The van der Waals surface area contributed by atoms with Gasteiger partial charge < -0.3 is 14.6 Å². The molecule has 1 aliphatic heterocycles. The zero-order chi connectivity index (χ0) is 20.3. The molecule has 0 radical (unpaired) electrons. The maximum atomic E-state index is 12.8. The third kappa shape index (κ3) is 3.66. The van der Waals surface area contributed by atoms with Gasteiger partial charge in [0.1, 0.15) is 11.6 Å². The number of benzene rings is 3. The van der Waals surface area contributed by atoms with Crippen molar-refractivity contribution in [1.29, 1.82) is 0 Å². The first-order valence-corrected chi connectivity index (χ1v) is 10.3. The molecule has 0 spiro atoms. The van der Waals surface area contributed by atoms with E-state index in [-0.39, 0.29) is 12.1 Å². The van der Waals surface area contributed by atoms with E-state index in [1.54, 1.807) is 0 Å². The number of nitrogens with one attached hydrogen (secondary N) is 1. The number of oxazole rings is 1. The fraction of sp³-hybridized carbons (Fsp3) is 0.200. The molecule has 0 saturated carbocycles. The summed E-state index contributed by atoms with van der Waals surface area (Å²) in [4.78, 5) is 19.4. The lowest BCUT2D eigenvalue weighted by molar-refractivity contribution is 0.184. The highest BCUT2D eigenvalue weighted by atomic mass is 16.4. The molecular formula is C25H23N3O2. The predicted octanol–water partition coefficient (Wildman–Crippen LogP) is 5.54. The molecule has 1 atom stereocenters. The highest BCUT2D eigenvalue weighted by molar-refractivity contribution is 5.80. The van der Waals surface area contributed by atoms with Crippen LogP contribution in [0, 0.1) is 0 Å². The monoisotopic (exact) mass is 397 g/mol. The Labute approximate surface area is 175 Å². The number of aromatic nitrogens is 1. The number of hydrogen-bond acceptors (Lipinski definition) is 3. The van der Waals surface area contributed by atoms with E-state index < -0.39 is 0 Å². The first-order chi connectivity index (χ1) is 14.8. The summed E-state index contributed by atoms with van der Waals surface area (Å²) in [6.07, 6.45) is 1.80. The fourth-order valence-corrected chi connectivity index (χ4v) is 4.04. The van der Waals surface area contributed by atoms with Gasteiger partial charge >= 0.3 is 6.03 Å². The fourth-order valence-electron chi connectivity index (χ4n) is 4.04. The van der Waals surface area contributed by atoms with E-state index in [1.807, 2.05) is 71.6 Å². The van der Waals surface area contributed by atoms with E-state index >= 15 is 0 Å². The van der Waals surface area contributed by atoms with E-state index in [9.17, 15) is 4.79 Å². The zero-order valence-corrected chi connectivity index (χ0v) is 16.6.